The van der Waals surface area contributed by atoms with Gasteiger partial charge in [0.05, 0.1) is 6.61 Å². The monoisotopic (exact) mass is 399 g/mol. The van der Waals surface area contributed by atoms with Crippen LogP contribution in [0.4, 0.5) is 0 Å². The molecule has 29 heavy (non-hydrogen) atoms. The van der Waals surface area contributed by atoms with Gasteiger partial charge in [-0.3, -0.25) is 4.79 Å². The Morgan fingerprint density at radius 2 is 1.55 bits per heavy atom. The van der Waals surface area contributed by atoms with Crippen molar-refractivity contribution < 1.29 is 9.53 Å². The minimum Gasteiger partial charge on any atom is -0.494 e. The Balaban J connectivity index is 1.21. The van der Waals surface area contributed by atoms with Crippen molar-refractivity contribution in [3.8, 4) is 5.75 Å². The predicted molar refractivity (Wildman–Crippen MR) is 117 cm³/mol. The molecule has 0 aliphatic carbocycles. The second kappa shape index (κ2) is 10.4. The van der Waals surface area contributed by atoms with Crippen molar-refractivity contribution in [2.75, 3.05) is 52.4 Å². The van der Waals surface area contributed by atoms with E-state index in [1.807, 2.05) is 24.3 Å². The Labute approximate surface area is 176 Å². The lowest BCUT2D eigenvalue weighted by Crippen LogP contribution is -2.42. The van der Waals surface area contributed by atoms with Gasteiger partial charge in [0.15, 0.2) is 0 Å². The van der Waals surface area contributed by atoms with Crippen molar-refractivity contribution in [2.45, 2.75) is 57.4 Å². The highest BCUT2D eigenvalue weighted by Gasteiger charge is 2.31. The van der Waals surface area contributed by atoms with Crippen LogP contribution in [0.3, 0.4) is 0 Å². The summed E-state index contributed by atoms with van der Waals surface area (Å²) in [6, 6.07) is 8.17. The van der Waals surface area contributed by atoms with Crippen LogP contribution < -0.4 is 4.74 Å². The maximum atomic E-state index is 13.0. The molecule has 0 spiro atoms. The molecule has 4 rings (SSSR count). The number of unbranched alkanes of at least 4 members (excludes halogenated alkanes) is 1. The molecule has 0 saturated carbocycles. The summed E-state index contributed by atoms with van der Waals surface area (Å²) in [5, 5.41) is 0. The first-order valence-electron chi connectivity index (χ1n) is 11.8. The molecule has 160 valence electrons. The van der Waals surface area contributed by atoms with Gasteiger partial charge in [0.2, 0.25) is 0 Å². The molecule has 3 saturated heterocycles. The van der Waals surface area contributed by atoms with E-state index in [-0.39, 0.29) is 5.91 Å². The minimum absolute atomic E-state index is 0.184. The van der Waals surface area contributed by atoms with Gasteiger partial charge in [-0.25, -0.2) is 0 Å². The number of carbonyl (C=O) groups is 1. The van der Waals surface area contributed by atoms with Crippen LogP contribution >= 0.6 is 0 Å². The molecular formula is C24H37N3O2. The molecule has 0 aromatic heterocycles. The fourth-order valence-corrected chi connectivity index (χ4v) is 5.05. The van der Waals surface area contributed by atoms with E-state index >= 15 is 0 Å². The lowest BCUT2D eigenvalue weighted by molar-refractivity contribution is 0.0708. The molecule has 5 nitrogen and oxygen atoms in total. The van der Waals surface area contributed by atoms with E-state index in [0.29, 0.717) is 6.04 Å². The van der Waals surface area contributed by atoms with Crippen molar-refractivity contribution >= 4 is 5.91 Å². The van der Waals surface area contributed by atoms with E-state index < -0.39 is 0 Å². The maximum Gasteiger partial charge on any atom is 0.254 e. The average Bonchev–Trinajstić information content (AvgIpc) is 3.51. The second-order valence-electron chi connectivity index (χ2n) is 8.93. The van der Waals surface area contributed by atoms with Gasteiger partial charge in [0.25, 0.3) is 5.91 Å². The summed E-state index contributed by atoms with van der Waals surface area (Å²) in [6.45, 7) is 8.83. The molecule has 1 amide bonds. The van der Waals surface area contributed by atoms with E-state index in [4.69, 9.17) is 4.74 Å². The lowest BCUT2D eigenvalue weighted by Gasteiger charge is -2.28. The van der Waals surface area contributed by atoms with Gasteiger partial charge in [0.1, 0.15) is 5.75 Å². The lowest BCUT2D eigenvalue weighted by atomic mass is 10.1. The molecule has 0 unspecified atom stereocenters. The molecule has 3 heterocycles. The van der Waals surface area contributed by atoms with E-state index in [1.165, 1.54) is 64.8 Å². The zero-order chi connectivity index (χ0) is 19.9. The highest BCUT2D eigenvalue weighted by Crippen LogP contribution is 2.23. The highest BCUT2D eigenvalue weighted by molar-refractivity contribution is 5.94. The standard InChI is InChI=1S/C24H37N3O2/c28-24(27-18-7-8-22(27)20-26-16-3-4-17-26)21-9-11-23(12-10-21)29-19-6-5-15-25-13-1-2-14-25/h9-12,22H,1-8,13-20H2/t22-/m0/s1. The number of carbonyl (C=O) groups excluding carboxylic acids is 1. The predicted octanol–water partition coefficient (Wildman–Crippen LogP) is 3.64. The zero-order valence-electron chi connectivity index (χ0n) is 17.9. The Morgan fingerprint density at radius 1 is 0.862 bits per heavy atom. The third-order valence-corrected chi connectivity index (χ3v) is 6.74. The summed E-state index contributed by atoms with van der Waals surface area (Å²) in [6.07, 6.45) is 9.88. The first-order valence-corrected chi connectivity index (χ1v) is 11.8. The van der Waals surface area contributed by atoms with Crippen LogP contribution in [0.25, 0.3) is 0 Å². The molecular weight excluding hydrogens is 362 g/mol. The number of hydrogen-bond acceptors (Lipinski definition) is 4. The van der Waals surface area contributed by atoms with Crippen LogP contribution in [-0.2, 0) is 0 Å². The Bertz CT molecular complexity index is 636. The van der Waals surface area contributed by atoms with E-state index in [2.05, 4.69) is 14.7 Å². The number of nitrogens with zero attached hydrogens (tertiary/aromatic N) is 3. The normalized spacial score (nSPS) is 23.2. The molecule has 3 aliphatic rings. The quantitative estimate of drug-likeness (QED) is 0.594. The Kier molecular flexibility index (Phi) is 7.44. The molecule has 3 aliphatic heterocycles. The van der Waals surface area contributed by atoms with Gasteiger partial charge in [-0.2, -0.15) is 0 Å². The summed E-state index contributed by atoms with van der Waals surface area (Å²) in [4.78, 5) is 20.2. The molecule has 3 fully saturated rings. The molecule has 0 N–H and O–H groups in total. The van der Waals surface area contributed by atoms with E-state index in [9.17, 15) is 4.79 Å². The fraction of sp³-hybridized carbons (Fsp3) is 0.708. The highest BCUT2D eigenvalue weighted by atomic mass is 16.5. The van der Waals surface area contributed by atoms with Crippen molar-refractivity contribution in [3.05, 3.63) is 29.8 Å². The topological polar surface area (TPSA) is 36.0 Å². The van der Waals surface area contributed by atoms with E-state index in [0.717, 1.165) is 50.3 Å². The summed E-state index contributed by atoms with van der Waals surface area (Å²) < 4.78 is 5.89. The number of hydrogen-bond donors (Lipinski definition) is 0. The van der Waals surface area contributed by atoms with Crippen molar-refractivity contribution in [1.29, 1.82) is 0 Å². The third-order valence-electron chi connectivity index (χ3n) is 6.74. The average molecular weight is 400 g/mol. The van der Waals surface area contributed by atoms with Crippen molar-refractivity contribution in [3.63, 3.8) is 0 Å². The van der Waals surface area contributed by atoms with Crippen molar-refractivity contribution in [2.24, 2.45) is 0 Å². The van der Waals surface area contributed by atoms with E-state index in [1.54, 1.807) is 0 Å². The first kappa shape index (κ1) is 20.7. The van der Waals surface area contributed by atoms with Gasteiger partial charge in [-0.1, -0.05) is 0 Å². The summed E-state index contributed by atoms with van der Waals surface area (Å²) in [5.41, 5.74) is 0.791. The maximum absolute atomic E-state index is 13.0. The Hall–Kier alpha value is -1.59. The zero-order valence-corrected chi connectivity index (χ0v) is 17.9. The minimum atomic E-state index is 0.184. The molecule has 0 bridgehead atoms. The molecule has 5 heteroatoms. The number of ether oxygens (including phenoxy) is 1. The van der Waals surface area contributed by atoms with Crippen LogP contribution in [0, 0.1) is 0 Å². The number of benzene rings is 1. The fourth-order valence-electron chi connectivity index (χ4n) is 5.05. The largest absolute Gasteiger partial charge is 0.494 e. The van der Waals surface area contributed by atoms with Crippen LogP contribution in [0.1, 0.15) is 61.7 Å². The summed E-state index contributed by atoms with van der Waals surface area (Å²) in [7, 11) is 0. The van der Waals surface area contributed by atoms with Gasteiger partial charge < -0.3 is 19.4 Å². The molecule has 0 radical (unpaired) electrons. The molecule has 1 atom stereocenters. The first-order chi connectivity index (χ1) is 14.3. The van der Waals surface area contributed by atoms with Gasteiger partial charge >= 0.3 is 0 Å². The molecule has 1 aromatic rings. The van der Waals surface area contributed by atoms with Crippen LogP contribution in [0.15, 0.2) is 24.3 Å². The second-order valence-corrected chi connectivity index (χ2v) is 8.93. The number of likely N-dealkylation sites (tertiary alicyclic amines) is 3. The van der Waals surface area contributed by atoms with Gasteiger partial charge in [-0.15, -0.1) is 0 Å². The van der Waals surface area contributed by atoms with Gasteiger partial charge in [0, 0.05) is 24.7 Å². The van der Waals surface area contributed by atoms with Crippen LogP contribution in [0.2, 0.25) is 0 Å². The Morgan fingerprint density at radius 3 is 2.28 bits per heavy atom. The SMILES string of the molecule is O=C(c1ccc(OCCCCN2CCCC2)cc1)N1CCC[C@H]1CN1CCCC1. The van der Waals surface area contributed by atoms with Crippen LogP contribution in [0.5, 0.6) is 5.75 Å². The summed E-state index contributed by atoms with van der Waals surface area (Å²) in [5.74, 6) is 1.06. The van der Waals surface area contributed by atoms with Gasteiger partial charge in [-0.05, 0) is 108 Å². The third kappa shape index (κ3) is 5.73. The number of rotatable bonds is 9. The van der Waals surface area contributed by atoms with Crippen molar-refractivity contribution in [1.82, 2.24) is 14.7 Å². The number of amides is 1. The molecule has 1 aromatic carbocycles. The summed E-state index contributed by atoms with van der Waals surface area (Å²) >= 11 is 0. The smallest absolute Gasteiger partial charge is 0.254 e. The van der Waals surface area contributed by atoms with Crippen LogP contribution in [-0.4, -0.2) is 79.1 Å².